The predicted molar refractivity (Wildman–Crippen MR) is 101 cm³/mol. The molecule has 3 fully saturated rings. The number of pyridine rings is 1. The molecule has 0 aromatic carbocycles. The number of carbonyl (C=O) groups is 1. The molecule has 0 radical (unpaired) electrons. The van der Waals surface area contributed by atoms with Gasteiger partial charge in [0.2, 0.25) is 5.91 Å². The largest absolute Gasteiger partial charge is 0.381 e. The number of rotatable bonds is 5. The molecule has 0 aliphatic carbocycles. The predicted octanol–water partition coefficient (Wildman–Crippen LogP) is 2.71. The summed E-state index contributed by atoms with van der Waals surface area (Å²) in [5, 5.41) is 0. The lowest BCUT2D eigenvalue weighted by Crippen LogP contribution is -2.51. The third-order valence-electron chi connectivity index (χ3n) is 6.62. The monoisotopic (exact) mass is 357 g/mol. The van der Waals surface area contributed by atoms with Gasteiger partial charge in [-0.15, -0.1) is 0 Å². The van der Waals surface area contributed by atoms with Crippen molar-refractivity contribution >= 4 is 5.91 Å². The maximum Gasteiger partial charge on any atom is 0.222 e. The van der Waals surface area contributed by atoms with E-state index in [1.165, 1.54) is 45.3 Å². The minimum Gasteiger partial charge on any atom is -0.381 e. The fourth-order valence-corrected chi connectivity index (χ4v) is 4.77. The highest BCUT2D eigenvalue weighted by molar-refractivity contribution is 5.77. The standard InChI is InChI=1S/C21H31N3O2/c25-20-4-7-21(17-24(20)15-19-3-1-2-10-22-19)8-12-23(13-9-21)11-5-18-6-14-26-16-18/h1-3,10,18H,4-9,11-17H2/t18-/m0/s1. The normalized spacial score (nSPS) is 26.5. The Balaban J connectivity index is 1.29. The Hall–Kier alpha value is -1.46. The van der Waals surface area contributed by atoms with Gasteiger partial charge in [-0.2, -0.15) is 0 Å². The summed E-state index contributed by atoms with van der Waals surface area (Å²) < 4.78 is 5.50. The zero-order chi connectivity index (χ0) is 17.8. The van der Waals surface area contributed by atoms with Crippen LogP contribution in [0.5, 0.6) is 0 Å². The van der Waals surface area contributed by atoms with Gasteiger partial charge in [0.1, 0.15) is 0 Å². The van der Waals surface area contributed by atoms with Crippen LogP contribution in [-0.4, -0.2) is 60.1 Å². The first-order valence-electron chi connectivity index (χ1n) is 10.2. The molecule has 0 bridgehead atoms. The fraction of sp³-hybridized carbons (Fsp3) is 0.714. The van der Waals surface area contributed by atoms with Gasteiger partial charge in [0.15, 0.2) is 0 Å². The molecule has 3 saturated heterocycles. The van der Waals surface area contributed by atoms with E-state index in [9.17, 15) is 4.79 Å². The molecule has 5 heteroatoms. The van der Waals surface area contributed by atoms with Crippen LogP contribution in [0.15, 0.2) is 24.4 Å². The van der Waals surface area contributed by atoms with Crippen molar-refractivity contribution in [1.82, 2.24) is 14.8 Å². The second kappa shape index (κ2) is 8.05. The van der Waals surface area contributed by atoms with E-state index < -0.39 is 0 Å². The number of ether oxygens (including phenoxy) is 1. The van der Waals surface area contributed by atoms with Gasteiger partial charge in [0, 0.05) is 32.4 Å². The number of carbonyl (C=O) groups excluding carboxylic acids is 1. The minimum atomic E-state index is 0.296. The van der Waals surface area contributed by atoms with Crippen molar-refractivity contribution in [2.75, 3.05) is 39.4 Å². The van der Waals surface area contributed by atoms with E-state index in [2.05, 4.69) is 14.8 Å². The second-order valence-corrected chi connectivity index (χ2v) is 8.43. The van der Waals surface area contributed by atoms with Crippen molar-refractivity contribution in [3.63, 3.8) is 0 Å². The van der Waals surface area contributed by atoms with Gasteiger partial charge in [0.05, 0.1) is 12.2 Å². The van der Waals surface area contributed by atoms with Crippen molar-refractivity contribution in [2.24, 2.45) is 11.3 Å². The van der Waals surface area contributed by atoms with E-state index in [1.54, 1.807) is 0 Å². The molecule has 3 aliphatic heterocycles. The molecule has 4 heterocycles. The Morgan fingerprint density at radius 2 is 2.12 bits per heavy atom. The van der Waals surface area contributed by atoms with E-state index in [0.717, 1.165) is 37.8 Å². The molecule has 1 spiro atoms. The van der Waals surface area contributed by atoms with Crippen LogP contribution >= 0.6 is 0 Å². The Morgan fingerprint density at radius 3 is 2.85 bits per heavy atom. The summed E-state index contributed by atoms with van der Waals surface area (Å²) in [6.07, 6.45) is 8.54. The van der Waals surface area contributed by atoms with Gasteiger partial charge >= 0.3 is 0 Å². The maximum absolute atomic E-state index is 12.4. The van der Waals surface area contributed by atoms with Crippen LogP contribution in [0.3, 0.4) is 0 Å². The third-order valence-corrected chi connectivity index (χ3v) is 6.62. The van der Waals surface area contributed by atoms with Crippen molar-refractivity contribution < 1.29 is 9.53 Å². The van der Waals surface area contributed by atoms with E-state index in [-0.39, 0.29) is 0 Å². The van der Waals surface area contributed by atoms with Gasteiger partial charge < -0.3 is 14.5 Å². The van der Waals surface area contributed by atoms with Crippen LogP contribution in [0.25, 0.3) is 0 Å². The molecule has 0 N–H and O–H groups in total. The van der Waals surface area contributed by atoms with Crippen molar-refractivity contribution in [1.29, 1.82) is 0 Å². The number of hydrogen-bond donors (Lipinski definition) is 0. The van der Waals surface area contributed by atoms with Crippen molar-refractivity contribution in [3.05, 3.63) is 30.1 Å². The average Bonchev–Trinajstić information content (AvgIpc) is 3.19. The maximum atomic E-state index is 12.4. The summed E-state index contributed by atoms with van der Waals surface area (Å²) in [5.41, 5.74) is 1.32. The average molecular weight is 357 g/mol. The van der Waals surface area contributed by atoms with Gasteiger partial charge in [0.25, 0.3) is 0 Å². The van der Waals surface area contributed by atoms with Crippen LogP contribution in [-0.2, 0) is 16.1 Å². The highest BCUT2D eigenvalue weighted by Gasteiger charge is 2.40. The number of likely N-dealkylation sites (tertiary alicyclic amines) is 2. The molecule has 26 heavy (non-hydrogen) atoms. The molecule has 5 nitrogen and oxygen atoms in total. The number of aromatic nitrogens is 1. The molecular weight excluding hydrogens is 326 g/mol. The first-order valence-corrected chi connectivity index (χ1v) is 10.2. The molecule has 0 unspecified atom stereocenters. The fourth-order valence-electron chi connectivity index (χ4n) is 4.77. The Kier molecular flexibility index (Phi) is 5.55. The molecule has 142 valence electrons. The quantitative estimate of drug-likeness (QED) is 0.813. The lowest BCUT2D eigenvalue weighted by Gasteiger charge is -2.47. The van der Waals surface area contributed by atoms with E-state index in [0.29, 0.717) is 24.3 Å². The molecule has 4 rings (SSSR count). The molecule has 3 aliphatic rings. The van der Waals surface area contributed by atoms with Crippen LogP contribution in [0, 0.1) is 11.3 Å². The van der Waals surface area contributed by atoms with E-state index in [4.69, 9.17) is 4.74 Å². The highest BCUT2D eigenvalue weighted by Crippen LogP contribution is 2.40. The SMILES string of the molecule is O=C1CCC2(CCN(CC[C@H]3CCOC3)CC2)CN1Cc1ccccn1. The smallest absolute Gasteiger partial charge is 0.222 e. The zero-order valence-corrected chi connectivity index (χ0v) is 15.7. The van der Waals surface area contributed by atoms with E-state index in [1.807, 2.05) is 24.4 Å². The number of amides is 1. The summed E-state index contributed by atoms with van der Waals surface area (Å²) in [4.78, 5) is 21.5. The summed E-state index contributed by atoms with van der Waals surface area (Å²) in [6, 6.07) is 5.95. The number of nitrogens with zero attached hydrogens (tertiary/aromatic N) is 3. The molecule has 0 saturated carbocycles. The van der Waals surface area contributed by atoms with Crippen molar-refractivity contribution in [3.8, 4) is 0 Å². The zero-order valence-electron chi connectivity index (χ0n) is 15.7. The topological polar surface area (TPSA) is 45.7 Å². The Morgan fingerprint density at radius 1 is 1.23 bits per heavy atom. The molecule has 1 aromatic rings. The molecule has 1 amide bonds. The van der Waals surface area contributed by atoms with Gasteiger partial charge in [-0.25, -0.2) is 0 Å². The summed E-state index contributed by atoms with van der Waals surface area (Å²) >= 11 is 0. The second-order valence-electron chi connectivity index (χ2n) is 8.43. The molecule has 1 atom stereocenters. The Bertz CT molecular complexity index is 593. The third kappa shape index (κ3) is 4.26. The van der Waals surface area contributed by atoms with Crippen LogP contribution in [0.4, 0.5) is 0 Å². The van der Waals surface area contributed by atoms with Gasteiger partial charge in [-0.05, 0) is 75.2 Å². The first kappa shape index (κ1) is 17.9. The molecular formula is C21H31N3O2. The first-order chi connectivity index (χ1) is 12.7. The number of hydrogen-bond acceptors (Lipinski definition) is 4. The van der Waals surface area contributed by atoms with Crippen LogP contribution < -0.4 is 0 Å². The lowest BCUT2D eigenvalue weighted by molar-refractivity contribution is -0.140. The van der Waals surface area contributed by atoms with Crippen LogP contribution in [0.1, 0.15) is 44.2 Å². The lowest BCUT2D eigenvalue weighted by atomic mass is 9.72. The van der Waals surface area contributed by atoms with Gasteiger partial charge in [-0.1, -0.05) is 6.07 Å². The number of piperidine rings is 2. The summed E-state index contributed by atoms with van der Waals surface area (Å²) in [6.45, 7) is 7.05. The van der Waals surface area contributed by atoms with Crippen LogP contribution in [0.2, 0.25) is 0 Å². The van der Waals surface area contributed by atoms with Gasteiger partial charge in [-0.3, -0.25) is 9.78 Å². The summed E-state index contributed by atoms with van der Waals surface area (Å²) in [7, 11) is 0. The highest BCUT2D eigenvalue weighted by atomic mass is 16.5. The Labute approximate surface area is 156 Å². The summed E-state index contributed by atoms with van der Waals surface area (Å²) in [5.74, 6) is 1.07. The molecule has 1 aromatic heterocycles. The van der Waals surface area contributed by atoms with E-state index >= 15 is 0 Å². The van der Waals surface area contributed by atoms with Crippen molar-refractivity contribution in [2.45, 2.75) is 45.1 Å². The minimum absolute atomic E-state index is 0.296.